The summed E-state index contributed by atoms with van der Waals surface area (Å²) in [6.07, 6.45) is 7.07. The highest BCUT2D eigenvalue weighted by atomic mass is 32.2. The predicted molar refractivity (Wildman–Crippen MR) is 103 cm³/mol. The quantitative estimate of drug-likeness (QED) is 0.695. The average molecular weight is 350 g/mol. The number of nitrogens with one attached hydrogen (secondary N) is 1. The van der Waals surface area contributed by atoms with E-state index < -0.39 is 6.10 Å². The van der Waals surface area contributed by atoms with E-state index in [0.717, 1.165) is 28.9 Å². The molecule has 24 heavy (non-hydrogen) atoms. The first-order chi connectivity index (χ1) is 11.6. The van der Waals surface area contributed by atoms with Gasteiger partial charge in [-0.1, -0.05) is 38.3 Å². The number of ether oxygens (including phenoxy) is 1. The molecule has 0 spiro atoms. The summed E-state index contributed by atoms with van der Waals surface area (Å²) in [6.45, 7) is 6.82. The van der Waals surface area contributed by atoms with E-state index in [-0.39, 0.29) is 5.91 Å². The molecule has 0 unspecified atom stereocenters. The van der Waals surface area contributed by atoms with Gasteiger partial charge < -0.3 is 10.1 Å². The van der Waals surface area contributed by atoms with E-state index in [0.29, 0.717) is 6.42 Å². The van der Waals surface area contributed by atoms with E-state index in [1.807, 2.05) is 37.7 Å². The van der Waals surface area contributed by atoms with E-state index in [4.69, 9.17) is 4.74 Å². The number of carbonyl (C=O) groups is 1. The Balaban J connectivity index is 1.75. The van der Waals surface area contributed by atoms with Crippen molar-refractivity contribution in [2.75, 3.05) is 12.3 Å². The second-order valence-electron chi connectivity index (χ2n) is 6.63. The van der Waals surface area contributed by atoms with E-state index in [1.54, 1.807) is 0 Å². The lowest BCUT2D eigenvalue weighted by Gasteiger charge is -2.22. The van der Waals surface area contributed by atoms with E-state index >= 15 is 0 Å². The number of carbonyl (C=O) groups excluding carboxylic acids is 1. The van der Waals surface area contributed by atoms with Crippen LogP contribution < -0.4 is 10.1 Å². The smallest absolute Gasteiger partial charge is 0.261 e. The van der Waals surface area contributed by atoms with Gasteiger partial charge in [0.25, 0.3) is 5.91 Å². The standard InChI is InChI=1S/C20H31NO2S/c1-4-18(23-19-12-8-9-15(2)16(19)3)20(22)21-13-14-24-17-10-6-5-7-11-17/h8-9,12,17-18H,4-7,10-11,13-14H2,1-3H3,(H,21,22)/t18-/m0/s1. The molecule has 1 aromatic carbocycles. The van der Waals surface area contributed by atoms with Crippen molar-refractivity contribution in [2.45, 2.75) is 70.7 Å². The Bertz CT molecular complexity index is 526. The topological polar surface area (TPSA) is 38.3 Å². The zero-order valence-electron chi connectivity index (χ0n) is 15.3. The number of benzene rings is 1. The van der Waals surface area contributed by atoms with Crippen LogP contribution in [0, 0.1) is 13.8 Å². The van der Waals surface area contributed by atoms with Crippen LogP contribution in [0.2, 0.25) is 0 Å². The molecule has 1 fully saturated rings. The SMILES string of the molecule is CC[C@H](Oc1cccc(C)c1C)C(=O)NCCSC1CCCCC1. The molecule has 0 aromatic heterocycles. The van der Waals surface area contributed by atoms with Gasteiger partial charge in [0.1, 0.15) is 5.75 Å². The maximum Gasteiger partial charge on any atom is 0.261 e. The lowest BCUT2D eigenvalue weighted by Crippen LogP contribution is -2.39. The molecule has 0 heterocycles. The largest absolute Gasteiger partial charge is 0.480 e. The zero-order chi connectivity index (χ0) is 17.4. The van der Waals surface area contributed by atoms with Crippen molar-refractivity contribution < 1.29 is 9.53 Å². The van der Waals surface area contributed by atoms with Crippen LogP contribution in [-0.4, -0.2) is 29.6 Å². The normalized spacial score (nSPS) is 16.6. The number of rotatable bonds is 8. The van der Waals surface area contributed by atoms with Crippen molar-refractivity contribution in [3.63, 3.8) is 0 Å². The second-order valence-corrected chi connectivity index (χ2v) is 8.04. The highest BCUT2D eigenvalue weighted by Crippen LogP contribution is 2.27. The molecule has 134 valence electrons. The lowest BCUT2D eigenvalue weighted by atomic mass is 10.0. The Morgan fingerprint density at radius 1 is 1.29 bits per heavy atom. The number of hydrogen-bond donors (Lipinski definition) is 1. The van der Waals surface area contributed by atoms with Crippen molar-refractivity contribution in [3.05, 3.63) is 29.3 Å². The zero-order valence-corrected chi connectivity index (χ0v) is 16.1. The molecule has 0 bridgehead atoms. The van der Waals surface area contributed by atoms with Crippen LogP contribution in [0.1, 0.15) is 56.6 Å². The molecular formula is C20H31NO2S. The molecule has 0 radical (unpaired) electrons. The first-order valence-electron chi connectivity index (χ1n) is 9.24. The first kappa shape index (κ1) is 19.2. The van der Waals surface area contributed by atoms with Gasteiger partial charge in [-0.15, -0.1) is 0 Å². The van der Waals surface area contributed by atoms with Gasteiger partial charge in [-0.3, -0.25) is 4.79 Å². The van der Waals surface area contributed by atoms with Crippen molar-refractivity contribution in [1.82, 2.24) is 5.32 Å². The summed E-state index contributed by atoms with van der Waals surface area (Å²) in [5.41, 5.74) is 2.29. The van der Waals surface area contributed by atoms with Gasteiger partial charge >= 0.3 is 0 Å². The molecule has 1 saturated carbocycles. The summed E-state index contributed by atoms with van der Waals surface area (Å²) in [5.74, 6) is 1.81. The average Bonchev–Trinajstić information content (AvgIpc) is 2.60. The van der Waals surface area contributed by atoms with Crippen molar-refractivity contribution >= 4 is 17.7 Å². The molecular weight excluding hydrogens is 318 g/mol. The molecule has 1 aromatic rings. The number of amides is 1. The summed E-state index contributed by atoms with van der Waals surface area (Å²) in [7, 11) is 0. The molecule has 4 heteroatoms. The van der Waals surface area contributed by atoms with Gasteiger partial charge in [0.15, 0.2) is 6.10 Å². The Kier molecular flexibility index (Phi) is 7.97. The van der Waals surface area contributed by atoms with Crippen molar-refractivity contribution in [3.8, 4) is 5.75 Å². The molecule has 0 aliphatic heterocycles. The Hall–Kier alpha value is -1.16. The van der Waals surface area contributed by atoms with Gasteiger partial charge in [-0.25, -0.2) is 0 Å². The van der Waals surface area contributed by atoms with Crippen LogP contribution in [0.3, 0.4) is 0 Å². The Labute approximate surface area is 150 Å². The van der Waals surface area contributed by atoms with Crippen LogP contribution in [0.15, 0.2) is 18.2 Å². The minimum absolute atomic E-state index is 0.00245. The Morgan fingerprint density at radius 2 is 2.04 bits per heavy atom. The Morgan fingerprint density at radius 3 is 2.75 bits per heavy atom. The van der Waals surface area contributed by atoms with Crippen LogP contribution in [-0.2, 0) is 4.79 Å². The van der Waals surface area contributed by atoms with Crippen LogP contribution in [0.5, 0.6) is 5.75 Å². The highest BCUT2D eigenvalue weighted by molar-refractivity contribution is 7.99. The predicted octanol–water partition coefficient (Wildman–Crippen LogP) is 4.64. The van der Waals surface area contributed by atoms with Gasteiger partial charge in [0, 0.05) is 17.5 Å². The fourth-order valence-electron chi connectivity index (χ4n) is 3.07. The third kappa shape index (κ3) is 5.73. The van der Waals surface area contributed by atoms with E-state index in [2.05, 4.69) is 18.3 Å². The highest BCUT2D eigenvalue weighted by Gasteiger charge is 2.19. The van der Waals surface area contributed by atoms with E-state index in [1.165, 1.54) is 37.7 Å². The molecule has 1 atom stereocenters. The second kappa shape index (κ2) is 9.97. The minimum Gasteiger partial charge on any atom is -0.480 e. The number of aryl methyl sites for hydroxylation is 1. The summed E-state index contributed by atoms with van der Waals surface area (Å²) < 4.78 is 5.97. The molecule has 0 saturated heterocycles. The van der Waals surface area contributed by atoms with Gasteiger partial charge in [0.2, 0.25) is 0 Å². The number of hydrogen-bond acceptors (Lipinski definition) is 3. The first-order valence-corrected chi connectivity index (χ1v) is 10.3. The summed E-state index contributed by atoms with van der Waals surface area (Å²) in [5, 5.41) is 3.84. The molecule has 1 N–H and O–H groups in total. The summed E-state index contributed by atoms with van der Waals surface area (Å²) in [6, 6.07) is 5.98. The van der Waals surface area contributed by atoms with Crippen molar-refractivity contribution in [2.24, 2.45) is 0 Å². The maximum absolute atomic E-state index is 12.4. The fourth-order valence-corrected chi connectivity index (χ4v) is 4.29. The third-order valence-corrected chi connectivity index (χ3v) is 6.18. The van der Waals surface area contributed by atoms with Gasteiger partial charge in [-0.2, -0.15) is 11.8 Å². The van der Waals surface area contributed by atoms with Gasteiger partial charge in [0.05, 0.1) is 0 Å². The van der Waals surface area contributed by atoms with Crippen LogP contribution in [0.25, 0.3) is 0 Å². The monoisotopic (exact) mass is 349 g/mol. The van der Waals surface area contributed by atoms with Crippen molar-refractivity contribution in [1.29, 1.82) is 0 Å². The molecule has 1 amide bonds. The lowest BCUT2D eigenvalue weighted by molar-refractivity contribution is -0.128. The maximum atomic E-state index is 12.4. The molecule has 1 aliphatic carbocycles. The molecule has 1 aliphatic rings. The molecule has 3 nitrogen and oxygen atoms in total. The number of thioether (sulfide) groups is 1. The van der Waals surface area contributed by atoms with E-state index in [9.17, 15) is 4.79 Å². The summed E-state index contributed by atoms with van der Waals surface area (Å²) >= 11 is 2.01. The van der Waals surface area contributed by atoms with Crippen LogP contribution in [0.4, 0.5) is 0 Å². The minimum atomic E-state index is -0.412. The fraction of sp³-hybridized carbons (Fsp3) is 0.650. The van der Waals surface area contributed by atoms with Gasteiger partial charge in [-0.05, 0) is 50.3 Å². The summed E-state index contributed by atoms with van der Waals surface area (Å²) in [4.78, 5) is 12.4. The molecule has 2 rings (SSSR count). The third-order valence-electron chi connectivity index (χ3n) is 4.79. The van der Waals surface area contributed by atoms with Crippen LogP contribution >= 0.6 is 11.8 Å².